The lowest BCUT2D eigenvalue weighted by Gasteiger charge is -2.42. The molecule has 5 heteroatoms. The van der Waals surface area contributed by atoms with Crippen LogP contribution in [-0.4, -0.2) is 28.8 Å². The summed E-state index contributed by atoms with van der Waals surface area (Å²) >= 11 is 1.61. The zero-order chi connectivity index (χ0) is 15.6. The molecule has 116 valence electrons. The number of nitrogens with zero attached hydrogens (tertiary/aromatic N) is 1. The molecule has 1 N–H and O–H groups in total. The second-order valence-electron chi connectivity index (χ2n) is 6.16. The number of nitrogens with one attached hydrogen (secondary N) is 1. The maximum Gasteiger partial charge on any atom is 0.246 e. The van der Waals surface area contributed by atoms with E-state index in [-0.39, 0.29) is 29.7 Å². The normalized spacial score (nSPS) is 24.3. The fourth-order valence-corrected chi connectivity index (χ4v) is 3.41. The first kappa shape index (κ1) is 16.0. The van der Waals surface area contributed by atoms with Gasteiger partial charge < -0.3 is 10.2 Å². The first-order valence-electron chi connectivity index (χ1n) is 7.57. The maximum absolute atomic E-state index is 12.8. The van der Waals surface area contributed by atoms with Crippen molar-refractivity contribution >= 4 is 23.2 Å². The molecule has 1 fully saturated rings. The molecule has 0 spiro atoms. The van der Waals surface area contributed by atoms with Crippen molar-refractivity contribution in [2.24, 2.45) is 11.8 Å². The highest BCUT2D eigenvalue weighted by Gasteiger charge is 2.43. The van der Waals surface area contributed by atoms with Crippen LogP contribution in [0.5, 0.6) is 0 Å². The molecule has 1 aromatic heterocycles. The van der Waals surface area contributed by atoms with Crippen LogP contribution >= 0.6 is 11.3 Å². The van der Waals surface area contributed by atoms with E-state index in [1.165, 1.54) is 0 Å². The lowest BCUT2D eigenvalue weighted by atomic mass is 9.90. The minimum atomic E-state index is -0.406. The van der Waals surface area contributed by atoms with E-state index in [9.17, 15) is 9.59 Å². The highest BCUT2D eigenvalue weighted by Crippen LogP contribution is 2.25. The van der Waals surface area contributed by atoms with Gasteiger partial charge in [0.15, 0.2) is 0 Å². The Kier molecular flexibility index (Phi) is 5.04. The first-order chi connectivity index (χ1) is 9.95. The van der Waals surface area contributed by atoms with Crippen molar-refractivity contribution in [2.75, 3.05) is 0 Å². The molecule has 21 heavy (non-hydrogen) atoms. The third-order valence-electron chi connectivity index (χ3n) is 4.23. The fraction of sp³-hybridized carbons (Fsp3) is 0.625. The summed E-state index contributed by atoms with van der Waals surface area (Å²) in [6, 6.07) is 1.25. The second-order valence-corrected chi connectivity index (χ2v) is 6.94. The topological polar surface area (TPSA) is 49.4 Å². The molecule has 2 heterocycles. The summed E-state index contributed by atoms with van der Waals surface area (Å²) < 4.78 is 0. The molecule has 3 unspecified atom stereocenters. The average molecular weight is 308 g/mol. The first-order valence-corrected chi connectivity index (χ1v) is 8.51. The van der Waals surface area contributed by atoms with Crippen molar-refractivity contribution in [1.29, 1.82) is 0 Å². The summed E-state index contributed by atoms with van der Waals surface area (Å²) in [4.78, 5) is 27.1. The van der Waals surface area contributed by atoms with Gasteiger partial charge in [-0.25, -0.2) is 0 Å². The number of hydrogen-bond donors (Lipinski definition) is 1. The molecule has 0 aliphatic carbocycles. The molecule has 3 atom stereocenters. The van der Waals surface area contributed by atoms with Gasteiger partial charge in [0.05, 0.1) is 0 Å². The quantitative estimate of drug-likeness (QED) is 0.909. The average Bonchev–Trinajstić information content (AvgIpc) is 2.94. The van der Waals surface area contributed by atoms with E-state index in [2.05, 4.69) is 12.2 Å². The van der Waals surface area contributed by atoms with E-state index >= 15 is 0 Å². The molecule has 0 aromatic carbocycles. The summed E-state index contributed by atoms with van der Waals surface area (Å²) in [6.45, 7) is 8.55. The summed E-state index contributed by atoms with van der Waals surface area (Å²) in [5.41, 5.74) is 1.10. The standard InChI is InChI=1S/C16H24N2O2S/c1-5-11(4)14-15(19)17-13(10(2)3)16(20)18(14)8-12-6-7-21-9-12/h6-7,9-11,13-14H,5,8H2,1-4H3,(H,17,19). The van der Waals surface area contributed by atoms with Gasteiger partial charge in [-0.05, 0) is 34.2 Å². The van der Waals surface area contributed by atoms with Crippen LogP contribution in [0.2, 0.25) is 0 Å². The molecule has 1 saturated heterocycles. The van der Waals surface area contributed by atoms with Gasteiger partial charge in [0.2, 0.25) is 11.8 Å². The molecule has 4 nitrogen and oxygen atoms in total. The van der Waals surface area contributed by atoms with Crippen molar-refractivity contribution in [3.63, 3.8) is 0 Å². The van der Waals surface area contributed by atoms with Crippen molar-refractivity contribution in [3.05, 3.63) is 22.4 Å². The summed E-state index contributed by atoms with van der Waals surface area (Å²) in [5.74, 6) is 0.281. The lowest BCUT2D eigenvalue weighted by molar-refractivity contribution is -0.153. The van der Waals surface area contributed by atoms with Crippen LogP contribution in [-0.2, 0) is 16.1 Å². The van der Waals surface area contributed by atoms with E-state index in [0.29, 0.717) is 6.54 Å². The lowest BCUT2D eigenvalue weighted by Crippen LogP contribution is -2.65. The van der Waals surface area contributed by atoms with Gasteiger partial charge in [-0.15, -0.1) is 0 Å². The van der Waals surface area contributed by atoms with Crippen molar-refractivity contribution in [1.82, 2.24) is 10.2 Å². The molecule has 1 aliphatic heterocycles. The van der Waals surface area contributed by atoms with Crippen LogP contribution in [0.1, 0.15) is 39.7 Å². The molecule has 0 bridgehead atoms. The number of hydrogen-bond acceptors (Lipinski definition) is 3. The van der Waals surface area contributed by atoms with E-state index in [0.717, 1.165) is 12.0 Å². The summed E-state index contributed by atoms with van der Waals surface area (Å²) in [5, 5.41) is 6.95. The van der Waals surface area contributed by atoms with Crippen LogP contribution < -0.4 is 5.32 Å². The Morgan fingerprint density at radius 3 is 2.57 bits per heavy atom. The van der Waals surface area contributed by atoms with E-state index in [1.807, 2.05) is 37.6 Å². The van der Waals surface area contributed by atoms with E-state index in [4.69, 9.17) is 0 Å². The van der Waals surface area contributed by atoms with Crippen LogP contribution in [0, 0.1) is 11.8 Å². The SMILES string of the molecule is CCC(C)C1C(=O)NC(C(C)C)C(=O)N1Cc1ccsc1. The summed E-state index contributed by atoms with van der Waals surface area (Å²) in [6.07, 6.45) is 0.873. The van der Waals surface area contributed by atoms with Crippen molar-refractivity contribution < 1.29 is 9.59 Å². The smallest absolute Gasteiger partial charge is 0.246 e. The largest absolute Gasteiger partial charge is 0.342 e. The summed E-state index contributed by atoms with van der Waals surface area (Å²) in [7, 11) is 0. The van der Waals surface area contributed by atoms with Crippen molar-refractivity contribution in [2.45, 2.75) is 52.7 Å². The zero-order valence-electron chi connectivity index (χ0n) is 13.1. The Balaban J connectivity index is 2.30. The predicted molar refractivity (Wildman–Crippen MR) is 84.9 cm³/mol. The van der Waals surface area contributed by atoms with Crippen LogP contribution in [0.25, 0.3) is 0 Å². The third-order valence-corrected chi connectivity index (χ3v) is 4.97. The number of thiophene rings is 1. The molecule has 0 saturated carbocycles. The van der Waals surface area contributed by atoms with Crippen LogP contribution in [0.3, 0.4) is 0 Å². The van der Waals surface area contributed by atoms with Gasteiger partial charge in [-0.2, -0.15) is 11.3 Å². The van der Waals surface area contributed by atoms with Gasteiger partial charge in [-0.1, -0.05) is 34.1 Å². The Morgan fingerprint density at radius 1 is 1.33 bits per heavy atom. The molecular formula is C16H24N2O2S. The van der Waals surface area contributed by atoms with Gasteiger partial charge >= 0.3 is 0 Å². The number of amides is 2. The van der Waals surface area contributed by atoms with Crippen molar-refractivity contribution in [3.8, 4) is 0 Å². The van der Waals surface area contributed by atoms with Gasteiger partial charge in [0.1, 0.15) is 12.1 Å². The highest BCUT2D eigenvalue weighted by molar-refractivity contribution is 7.07. The second kappa shape index (κ2) is 6.60. The number of carbonyl (C=O) groups excluding carboxylic acids is 2. The minimum absolute atomic E-state index is 0.0159. The highest BCUT2D eigenvalue weighted by atomic mass is 32.1. The molecular weight excluding hydrogens is 284 g/mol. The number of carbonyl (C=O) groups is 2. The minimum Gasteiger partial charge on any atom is -0.342 e. The molecule has 1 aromatic rings. The van der Waals surface area contributed by atoms with Gasteiger partial charge in [0, 0.05) is 6.54 Å². The Bertz CT molecular complexity index is 498. The number of piperazine rings is 1. The predicted octanol–water partition coefficient (Wildman–Crippen LogP) is 2.65. The Morgan fingerprint density at radius 2 is 2.05 bits per heavy atom. The number of rotatable bonds is 5. The Hall–Kier alpha value is -1.36. The molecule has 1 aliphatic rings. The molecule has 2 amide bonds. The van der Waals surface area contributed by atoms with E-state index in [1.54, 1.807) is 16.2 Å². The third kappa shape index (κ3) is 3.28. The molecule has 2 rings (SSSR count). The maximum atomic E-state index is 12.8. The Labute approximate surface area is 130 Å². The van der Waals surface area contributed by atoms with Gasteiger partial charge in [0.25, 0.3) is 0 Å². The van der Waals surface area contributed by atoms with Gasteiger partial charge in [-0.3, -0.25) is 9.59 Å². The zero-order valence-corrected chi connectivity index (χ0v) is 13.9. The van der Waals surface area contributed by atoms with E-state index < -0.39 is 6.04 Å². The monoisotopic (exact) mass is 308 g/mol. The fourth-order valence-electron chi connectivity index (χ4n) is 2.75. The molecule has 0 radical (unpaired) electrons. The van der Waals surface area contributed by atoms with Crippen LogP contribution in [0.4, 0.5) is 0 Å². The van der Waals surface area contributed by atoms with Crippen LogP contribution in [0.15, 0.2) is 16.8 Å².